The van der Waals surface area contributed by atoms with Crippen molar-refractivity contribution in [3.63, 3.8) is 0 Å². The summed E-state index contributed by atoms with van der Waals surface area (Å²) >= 11 is 0. The van der Waals surface area contributed by atoms with E-state index in [1.807, 2.05) is 57.2 Å². The second-order valence-corrected chi connectivity index (χ2v) is 8.24. The van der Waals surface area contributed by atoms with Gasteiger partial charge in [0.05, 0.1) is 12.2 Å². The predicted molar refractivity (Wildman–Crippen MR) is 119 cm³/mol. The van der Waals surface area contributed by atoms with Gasteiger partial charge in [-0.25, -0.2) is 4.99 Å². The number of nitrogens with two attached hydrogens (primary N) is 1. The van der Waals surface area contributed by atoms with Crippen LogP contribution in [-0.2, 0) is 20.9 Å². The van der Waals surface area contributed by atoms with Gasteiger partial charge in [-0.15, -0.1) is 0 Å². The Morgan fingerprint density at radius 2 is 1.84 bits per heavy atom. The van der Waals surface area contributed by atoms with E-state index in [4.69, 9.17) is 15.2 Å². The molecule has 0 bridgehead atoms. The molecule has 31 heavy (non-hydrogen) atoms. The Bertz CT molecular complexity index is 983. The summed E-state index contributed by atoms with van der Waals surface area (Å²) in [4.78, 5) is 32.4. The largest absolute Gasteiger partial charge is 0.483 e. The highest BCUT2D eigenvalue weighted by atomic mass is 16.6. The molecule has 0 saturated carbocycles. The first kappa shape index (κ1) is 22.1. The van der Waals surface area contributed by atoms with Crippen LogP contribution in [0.15, 0.2) is 53.5 Å². The maximum absolute atomic E-state index is 12.6. The first-order chi connectivity index (χ1) is 14.6. The van der Waals surface area contributed by atoms with E-state index in [0.717, 1.165) is 11.3 Å². The molecule has 8 nitrogen and oxygen atoms in total. The number of likely N-dealkylation sites (N-methyl/N-ethyl adjacent to an activating group) is 1. The molecule has 2 aromatic rings. The lowest BCUT2D eigenvalue weighted by atomic mass is 10.1. The number of esters is 1. The molecule has 1 heterocycles. The van der Waals surface area contributed by atoms with Gasteiger partial charge in [0.25, 0.3) is 5.91 Å². The van der Waals surface area contributed by atoms with Crippen LogP contribution in [0.5, 0.6) is 5.75 Å². The number of ether oxygens (including phenoxy) is 2. The number of hydrogen-bond acceptors (Lipinski definition) is 7. The zero-order valence-corrected chi connectivity index (χ0v) is 18.3. The molecule has 8 heteroatoms. The van der Waals surface area contributed by atoms with E-state index in [2.05, 4.69) is 4.99 Å². The zero-order chi connectivity index (χ0) is 22.6. The van der Waals surface area contributed by atoms with Crippen LogP contribution in [0.1, 0.15) is 26.3 Å². The highest BCUT2D eigenvalue weighted by Gasteiger charge is 2.25. The Morgan fingerprint density at radius 1 is 1.13 bits per heavy atom. The fourth-order valence-corrected chi connectivity index (χ4v) is 3.12. The van der Waals surface area contributed by atoms with Gasteiger partial charge in [0.1, 0.15) is 17.9 Å². The Balaban J connectivity index is 1.70. The lowest BCUT2D eigenvalue weighted by Crippen LogP contribution is -2.43. The van der Waals surface area contributed by atoms with E-state index in [1.54, 1.807) is 29.0 Å². The second kappa shape index (κ2) is 9.07. The number of nitrogens with zero attached hydrogens (tertiary/aromatic N) is 3. The number of amides is 1. The molecule has 164 valence electrons. The average Bonchev–Trinajstić information content (AvgIpc) is 2.71. The van der Waals surface area contributed by atoms with Crippen LogP contribution in [0.25, 0.3) is 0 Å². The molecule has 2 aromatic carbocycles. The monoisotopic (exact) mass is 424 g/mol. The summed E-state index contributed by atoms with van der Waals surface area (Å²) in [6.45, 7) is 5.59. The molecule has 0 aliphatic carbocycles. The molecule has 0 unspecified atom stereocenters. The number of fused-ring (bicyclic) bond motifs is 1. The molecule has 0 atom stereocenters. The molecule has 1 aliphatic heterocycles. The molecule has 1 aliphatic rings. The molecule has 0 saturated heterocycles. The van der Waals surface area contributed by atoms with Gasteiger partial charge >= 0.3 is 5.97 Å². The number of aliphatic imine (C=N–C) groups is 1. The minimum atomic E-state index is -0.587. The van der Waals surface area contributed by atoms with Crippen LogP contribution >= 0.6 is 0 Å². The average molecular weight is 425 g/mol. The van der Waals surface area contributed by atoms with E-state index in [0.29, 0.717) is 18.0 Å². The van der Waals surface area contributed by atoms with Gasteiger partial charge in [-0.3, -0.25) is 9.59 Å². The summed E-state index contributed by atoms with van der Waals surface area (Å²) in [6, 6.07) is 14.7. The standard InChI is InChI=1S/C23H28N4O4/c1-23(2,3)31-21(29)14-27-13-17-18(25-22(27)24)11-8-12-19(17)30-15-20(28)26(4)16-9-6-5-7-10-16/h5-12H,13-15H2,1-4H3,(H2,24,25). The molecule has 1 amide bonds. The van der Waals surface area contributed by atoms with Crippen LogP contribution in [0.2, 0.25) is 0 Å². The third-order valence-corrected chi connectivity index (χ3v) is 4.63. The maximum Gasteiger partial charge on any atom is 0.326 e. The summed E-state index contributed by atoms with van der Waals surface area (Å²) < 4.78 is 11.2. The summed E-state index contributed by atoms with van der Waals surface area (Å²) in [5, 5.41) is 0. The van der Waals surface area contributed by atoms with E-state index >= 15 is 0 Å². The molecule has 0 fully saturated rings. The zero-order valence-electron chi connectivity index (χ0n) is 18.3. The van der Waals surface area contributed by atoms with Gasteiger partial charge in [-0.05, 0) is 45.0 Å². The molecule has 3 rings (SSSR count). The molecule has 0 radical (unpaired) electrons. The van der Waals surface area contributed by atoms with Crippen molar-refractivity contribution in [3.8, 4) is 5.75 Å². The normalized spacial score (nSPS) is 13.2. The smallest absolute Gasteiger partial charge is 0.326 e. The van der Waals surface area contributed by atoms with Gasteiger partial charge in [-0.1, -0.05) is 24.3 Å². The maximum atomic E-state index is 12.6. The van der Waals surface area contributed by atoms with Crippen molar-refractivity contribution in [1.29, 1.82) is 0 Å². The molecular formula is C23H28N4O4. The number of para-hydroxylation sites is 1. The quantitative estimate of drug-likeness (QED) is 0.716. The van der Waals surface area contributed by atoms with Crippen molar-refractivity contribution in [3.05, 3.63) is 54.1 Å². The number of rotatable bonds is 6. The molecular weight excluding hydrogens is 396 g/mol. The van der Waals surface area contributed by atoms with Crippen LogP contribution in [0, 0.1) is 0 Å². The second-order valence-electron chi connectivity index (χ2n) is 8.24. The SMILES string of the molecule is CN(C(=O)COc1cccc2c1CN(CC(=O)OC(C)(C)C)C(N)=N2)c1ccccc1. The molecule has 2 N–H and O–H groups in total. The topological polar surface area (TPSA) is 97.5 Å². The van der Waals surface area contributed by atoms with Crippen molar-refractivity contribution >= 4 is 29.2 Å². The Morgan fingerprint density at radius 3 is 2.52 bits per heavy atom. The van der Waals surface area contributed by atoms with Gasteiger partial charge in [-0.2, -0.15) is 0 Å². The van der Waals surface area contributed by atoms with Gasteiger partial charge in [0.15, 0.2) is 12.6 Å². The lowest BCUT2D eigenvalue weighted by Gasteiger charge is -2.29. The Hall–Kier alpha value is -3.55. The predicted octanol–water partition coefficient (Wildman–Crippen LogP) is 2.83. The number of carbonyl (C=O) groups is 2. The number of benzene rings is 2. The first-order valence-electron chi connectivity index (χ1n) is 10.0. The van der Waals surface area contributed by atoms with Crippen molar-refractivity contribution < 1.29 is 19.1 Å². The summed E-state index contributed by atoms with van der Waals surface area (Å²) in [5.41, 5.74) is 7.66. The van der Waals surface area contributed by atoms with Crippen molar-refractivity contribution in [2.45, 2.75) is 32.9 Å². The Labute approximate surface area is 182 Å². The van der Waals surface area contributed by atoms with E-state index in [1.165, 1.54) is 0 Å². The lowest BCUT2D eigenvalue weighted by molar-refractivity contribution is -0.155. The highest BCUT2D eigenvalue weighted by molar-refractivity contribution is 5.94. The van der Waals surface area contributed by atoms with Gasteiger partial charge in [0.2, 0.25) is 0 Å². The van der Waals surface area contributed by atoms with Crippen LogP contribution in [-0.4, -0.2) is 48.5 Å². The van der Waals surface area contributed by atoms with Crippen LogP contribution in [0.3, 0.4) is 0 Å². The van der Waals surface area contributed by atoms with Crippen LogP contribution in [0.4, 0.5) is 11.4 Å². The third-order valence-electron chi connectivity index (χ3n) is 4.63. The van der Waals surface area contributed by atoms with E-state index in [9.17, 15) is 9.59 Å². The fraction of sp³-hybridized carbons (Fsp3) is 0.348. The fourth-order valence-electron chi connectivity index (χ4n) is 3.12. The van der Waals surface area contributed by atoms with Gasteiger partial charge in [0, 0.05) is 18.3 Å². The Kier molecular flexibility index (Phi) is 6.48. The number of anilines is 1. The minimum Gasteiger partial charge on any atom is -0.483 e. The first-order valence-corrected chi connectivity index (χ1v) is 10.0. The summed E-state index contributed by atoms with van der Waals surface area (Å²) in [5.74, 6) is 0.175. The number of guanidine groups is 1. The van der Waals surface area contributed by atoms with E-state index < -0.39 is 11.6 Å². The summed E-state index contributed by atoms with van der Waals surface area (Å²) in [7, 11) is 1.70. The van der Waals surface area contributed by atoms with Gasteiger partial charge < -0.3 is 25.0 Å². The van der Waals surface area contributed by atoms with E-state index in [-0.39, 0.29) is 25.0 Å². The van der Waals surface area contributed by atoms with Crippen molar-refractivity contribution in [2.24, 2.45) is 10.7 Å². The van der Waals surface area contributed by atoms with Crippen molar-refractivity contribution in [1.82, 2.24) is 4.90 Å². The van der Waals surface area contributed by atoms with Crippen LogP contribution < -0.4 is 15.4 Å². The minimum absolute atomic E-state index is 0.0317. The summed E-state index contributed by atoms with van der Waals surface area (Å²) in [6.07, 6.45) is 0. The van der Waals surface area contributed by atoms with Crippen molar-refractivity contribution in [2.75, 3.05) is 25.1 Å². The highest BCUT2D eigenvalue weighted by Crippen LogP contribution is 2.33. The molecule has 0 aromatic heterocycles. The molecule has 0 spiro atoms. The number of carbonyl (C=O) groups excluding carboxylic acids is 2. The third kappa shape index (κ3) is 5.75. The number of hydrogen-bond donors (Lipinski definition) is 1.